The minimum atomic E-state index is -0.0598. The van der Waals surface area contributed by atoms with Gasteiger partial charge in [0.1, 0.15) is 5.82 Å². The summed E-state index contributed by atoms with van der Waals surface area (Å²) in [5, 5.41) is 5.34. The fourth-order valence-electron chi connectivity index (χ4n) is 1.96. The zero-order valence-electron chi connectivity index (χ0n) is 12.3. The molecule has 1 amide bonds. The number of amides is 1. The van der Waals surface area contributed by atoms with Crippen molar-refractivity contribution >= 4 is 34.7 Å². The van der Waals surface area contributed by atoms with E-state index in [2.05, 4.69) is 10.3 Å². The van der Waals surface area contributed by atoms with E-state index in [0.29, 0.717) is 22.9 Å². The van der Waals surface area contributed by atoms with E-state index >= 15 is 0 Å². The van der Waals surface area contributed by atoms with E-state index in [4.69, 9.17) is 11.6 Å². The number of anilines is 1. The molecule has 0 atom stereocenters. The van der Waals surface area contributed by atoms with Crippen molar-refractivity contribution in [3.8, 4) is 0 Å². The highest BCUT2D eigenvalue weighted by atomic mass is 35.5. The highest BCUT2D eigenvalue weighted by Gasteiger charge is 2.20. The van der Waals surface area contributed by atoms with Crippen LogP contribution in [-0.2, 0) is 6.54 Å². The average Bonchev–Trinajstić information content (AvgIpc) is 2.96. The summed E-state index contributed by atoms with van der Waals surface area (Å²) in [6, 6.07) is 5.78. The van der Waals surface area contributed by atoms with Gasteiger partial charge in [-0.1, -0.05) is 17.7 Å². The minimum Gasteiger partial charge on any atom is -0.372 e. The Labute approximate surface area is 133 Å². The van der Waals surface area contributed by atoms with Crippen LogP contribution in [0.3, 0.4) is 0 Å². The van der Waals surface area contributed by atoms with Crippen molar-refractivity contribution in [3.05, 3.63) is 45.2 Å². The molecule has 112 valence electrons. The summed E-state index contributed by atoms with van der Waals surface area (Å²) >= 11 is 7.75. The number of carbonyl (C=O) groups is 1. The Balaban J connectivity index is 2.24. The van der Waals surface area contributed by atoms with Gasteiger partial charge >= 0.3 is 0 Å². The molecule has 0 saturated heterocycles. The van der Waals surface area contributed by atoms with Gasteiger partial charge < -0.3 is 10.2 Å². The molecule has 0 fully saturated rings. The molecule has 2 aromatic heterocycles. The van der Waals surface area contributed by atoms with E-state index in [9.17, 15) is 4.79 Å². The smallest absolute Gasteiger partial charge is 0.256 e. The largest absolute Gasteiger partial charge is 0.372 e. The van der Waals surface area contributed by atoms with Crippen molar-refractivity contribution in [3.63, 3.8) is 0 Å². The fraction of sp³-hybridized carbons (Fsp3) is 0.333. The lowest BCUT2D eigenvalue weighted by Gasteiger charge is -2.26. The number of rotatable bonds is 5. The topological polar surface area (TPSA) is 45.2 Å². The molecule has 2 heterocycles. The molecular formula is C15H18ClN3OS. The average molecular weight is 324 g/mol. The van der Waals surface area contributed by atoms with Crippen LogP contribution in [0.4, 0.5) is 5.82 Å². The lowest BCUT2D eigenvalue weighted by atomic mass is 10.2. The number of nitrogens with one attached hydrogen (secondary N) is 1. The number of hydrogen-bond donors (Lipinski definition) is 1. The molecule has 0 aromatic carbocycles. The molecule has 0 aliphatic heterocycles. The molecule has 21 heavy (non-hydrogen) atoms. The maximum atomic E-state index is 12.7. The first kappa shape index (κ1) is 15.8. The summed E-state index contributed by atoms with van der Waals surface area (Å²) in [4.78, 5) is 19.8. The van der Waals surface area contributed by atoms with Crippen molar-refractivity contribution in [1.82, 2.24) is 9.88 Å². The van der Waals surface area contributed by atoms with Gasteiger partial charge in [-0.15, -0.1) is 11.3 Å². The second-order valence-corrected chi connectivity index (χ2v) is 6.35. The Bertz CT molecular complexity index is 613. The Morgan fingerprint density at radius 1 is 1.52 bits per heavy atom. The van der Waals surface area contributed by atoms with Crippen LogP contribution in [0.25, 0.3) is 0 Å². The summed E-state index contributed by atoms with van der Waals surface area (Å²) in [6.07, 6.45) is 1.56. The molecule has 0 aliphatic carbocycles. The SMILES string of the molecule is CNc1ncc(C(=O)N(Cc2cccs2)C(C)C)cc1Cl. The standard InChI is InChI=1S/C15H18ClN3OS/c1-10(2)19(9-12-5-4-6-21-12)15(20)11-7-13(16)14(17-3)18-8-11/h4-8,10H,9H2,1-3H3,(H,17,18). The number of carbonyl (C=O) groups excluding carboxylic acids is 1. The Morgan fingerprint density at radius 2 is 2.29 bits per heavy atom. The number of hydrogen-bond acceptors (Lipinski definition) is 4. The third-order valence-corrected chi connectivity index (χ3v) is 4.26. The van der Waals surface area contributed by atoms with Gasteiger partial charge in [0, 0.05) is 24.2 Å². The number of nitrogens with zero attached hydrogens (tertiary/aromatic N) is 2. The van der Waals surface area contributed by atoms with Crippen LogP contribution in [-0.4, -0.2) is 28.9 Å². The first-order chi connectivity index (χ1) is 10.0. The maximum Gasteiger partial charge on any atom is 0.256 e. The normalized spacial score (nSPS) is 10.7. The number of pyridine rings is 1. The van der Waals surface area contributed by atoms with Gasteiger partial charge in [0.2, 0.25) is 0 Å². The lowest BCUT2D eigenvalue weighted by molar-refractivity contribution is 0.0692. The van der Waals surface area contributed by atoms with Gasteiger partial charge in [0.25, 0.3) is 5.91 Å². The molecular weight excluding hydrogens is 306 g/mol. The molecule has 6 heteroatoms. The summed E-state index contributed by atoms with van der Waals surface area (Å²) in [5.41, 5.74) is 0.504. The molecule has 2 rings (SSSR count). The van der Waals surface area contributed by atoms with E-state index in [0.717, 1.165) is 4.88 Å². The lowest BCUT2D eigenvalue weighted by Crippen LogP contribution is -2.36. The van der Waals surface area contributed by atoms with Crippen molar-refractivity contribution in [1.29, 1.82) is 0 Å². The summed E-state index contributed by atoms with van der Waals surface area (Å²) in [6.45, 7) is 4.60. The van der Waals surface area contributed by atoms with E-state index in [1.165, 1.54) is 0 Å². The second-order valence-electron chi connectivity index (χ2n) is 4.91. The van der Waals surface area contributed by atoms with Crippen LogP contribution in [0, 0.1) is 0 Å². The third-order valence-electron chi connectivity index (χ3n) is 3.12. The Kier molecular flexibility index (Phi) is 5.20. The zero-order chi connectivity index (χ0) is 15.4. The predicted octanol–water partition coefficient (Wildman–Crippen LogP) is 3.89. The molecule has 0 spiro atoms. The van der Waals surface area contributed by atoms with Crippen LogP contribution in [0.2, 0.25) is 5.02 Å². The first-order valence-electron chi connectivity index (χ1n) is 6.69. The highest BCUT2D eigenvalue weighted by molar-refractivity contribution is 7.09. The highest BCUT2D eigenvalue weighted by Crippen LogP contribution is 2.22. The second kappa shape index (κ2) is 6.91. The summed E-state index contributed by atoms with van der Waals surface area (Å²) in [7, 11) is 1.74. The van der Waals surface area contributed by atoms with Crippen molar-refractivity contribution in [2.45, 2.75) is 26.4 Å². The van der Waals surface area contributed by atoms with Gasteiger partial charge in [-0.25, -0.2) is 4.98 Å². The summed E-state index contributed by atoms with van der Waals surface area (Å²) in [5.74, 6) is 0.512. The van der Waals surface area contributed by atoms with E-state index in [-0.39, 0.29) is 11.9 Å². The zero-order valence-corrected chi connectivity index (χ0v) is 13.8. The number of thiophene rings is 1. The van der Waals surface area contributed by atoms with E-state index in [1.54, 1.807) is 30.6 Å². The molecule has 0 unspecified atom stereocenters. The van der Waals surface area contributed by atoms with Crippen molar-refractivity contribution in [2.24, 2.45) is 0 Å². The fourth-order valence-corrected chi connectivity index (χ4v) is 2.93. The minimum absolute atomic E-state index is 0.0598. The summed E-state index contributed by atoms with van der Waals surface area (Å²) < 4.78 is 0. The Hall–Kier alpha value is -1.59. The molecule has 0 saturated carbocycles. The number of aromatic nitrogens is 1. The third kappa shape index (κ3) is 3.74. The van der Waals surface area contributed by atoms with E-state index in [1.807, 2.05) is 36.3 Å². The molecule has 0 aliphatic rings. The van der Waals surface area contributed by atoms with E-state index < -0.39 is 0 Å². The van der Waals surface area contributed by atoms with Crippen LogP contribution in [0.15, 0.2) is 29.8 Å². The van der Waals surface area contributed by atoms with Crippen molar-refractivity contribution in [2.75, 3.05) is 12.4 Å². The first-order valence-corrected chi connectivity index (χ1v) is 7.95. The molecule has 1 N–H and O–H groups in total. The maximum absolute atomic E-state index is 12.7. The monoisotopic (exact) mass is 323 g/mol. The van der Waals surface area contributed by atoms with Crippen LogP contribution >= 0.6 is 22.9 Å². The predicted molar refractivity (Wildman–Crippen MR) is 88.1 cm³/mol. The van der Waals surface area contributed by atoms with Gasteiger partial charge in [-0.3, -0.25) is 4.79 Å². The van der Waals surface area contributed by atoms with Crippen molar-refractivity contribution < 1.29 is 4.79 Å². The Morgan fingerprint density at radius 3 is 2.81 bits per heavy atom. The quantitative estimate of drug-likeness (QED) is 0.908. The van der Waals surface area contributed by atoms with Gasteiger partial charge in [-0.2, -0.15) is 0 Å². The molecule has 0 radical (unpaired) electrons. The number of halogens is 1. The molecule has 4 nitrogen and oxygen atoms in total. The van der Waals surface area contributed by atoms with Crippen LogP contribution in [0.5, 0.6) is 0 Å². The van der Waals surface area contributed by atoms with Gasteiger partial charge in [0.15, 0.2) is 0 Å². The van der Waals surface area contributed by atoms with Crippen LogP contribution in [0.1, 0.15) is 29.1 Å². The van der Waals surface area contributed by atoms with Gasteiger partial charge in [0.05, 0.1) is 17.1 Å². The van der Waals surface area contributed by atoms with Crippen LogP contribution < -0.4 is 5.32 Å². The van der Waals surface area contributed by atoms with Gasteiger partial charge in [-0.05, 0) is 31.4 Å². The molecule has 0 bridgehead atoms. The molecule has 2 aromatic rings.